The highest BCUT2D eigenvalue weighted by Gasteiger charge is 2.56. The van der Waals surface area contributed by atoms with E-state index in [0.717, 1.165) is 24.3 Å². The summed E-state index contributed by atoms with van der Waals surface area (Å²) in [6.45, 7) is 2.22. The normalized spacial score (nSPS) is 22.3. The Hall–Kier alpha value is -3.48. The quantitative estimate of drug-likeness (QED) is 0.290. The van der Waals surface area contributed by atoms with Crippen LogP contribution in [0.2, 0.25) is 5.02 Å². The average Bonchev–Trinajstić information content (AvgIpc) is 3.58. The molecule has 2 saturated heterocycles. The Balaban J connectivity index is 1.25. The summed E-state index contributed by atoms with van der Waals surface area (Å²) in [4.78, 5) is 47.5. The molecule has 2 aromatic carbocycles. The summed E-state index contributed by atoms with van der Waals surface area (Å²) in [5.74, 6) is -4.23. The van der Waals surface area contributed by atoms with Gasteiger partial charge < -0.3 is 19.9 Å². The van der Waals surface area contributed by atoms with Gasteiger partial charge in [-0.2, -0.15) is 0 Å². The molecule has 0 radical (unpaired) electrons. The Labute approximate surface area is 271 Å². The van der Waals surface area contributed by atoms with Crippen LogP contribution >= 0.6 is 11.6 Å². The van der Waals surface area contributed by atoms with Crippen LogP contribution < -0.4 is 5.32 Å². The van der Waals surface area contributed by atoms with Crippen molar-refractivity contribution >= 4 is 45.7 Å². The summed E-state index contributed by atoms with van der Waals surface area (Å²) in [6, 6.07) is 11.6. The molecule has 0 bridgehead atoms. The van der Waals surface area contributed by atoms with Crippen molar-refractivity contribution in [2.45, 2.75) is 63.0 Å². The third kappa shape index (κ3) is 6.39. The molecule has 1 unspecified atom stereocenters. The summed E-state index contributed by atoms with van der Waals surface area (Å²) >= 11 is 6.58. The van der Waals surface area contributed by atoms with Gasteiger partial charge in [-0.3, -0.25) is 29.2 Å². The maximum atomic E-state index is 15.7. The van der Waals surface area contributed by atoms with E-state index < -0.39 is 29.5 Å². The zero-order valence-corrected chi connectivity index (χ0v) is 26.5. The van der Waals surface area contributed by atoms with Gasteiger partial charge in [-0.05, 0) is 67.7 Å². The minimum absolute atomic E-state index is 0.0635. The summed E-state index contributed by atoms with van der Waals surface area (Å²) < 4.78 is 28.0. The van der Waals surface area contributed by atoms with Crippen LogP contribution in [-0.4, -0.2) is 88.9 Å². The maximum Gasteiger partial charge on any atom is 0.306 e. The minimum atomic E-state index is -1.45. The van der Waals surface area contributed by atoms with E-state index in [1.807, 2.05) is 28.0 Å². The number of nitrogens with one attached hydrogen (secondary N) is 1. The first-order chi connectivity index (χ1) is 22.2. The highest BCUT2D eigenvalue weighted by atomic mass is 35.5. The van der Waals surface area contributed by atoms with E-state index in [-0.39, 0.29) is 46.4 Å². The molecule has 6 rings (SSSR count). The van der Waals surface area contributed by atoms with Crippen LogP contribution in [0.1, 0.15) is 54.6 Å². The van der Waals surface area contributed by atoms with Crippen LogP contribution in [0.3, 0.4) is 0 Å². The monoisotopic (exact) mass is 652 g/mol. The number of halogens is 2. The first-order valence-corrected chi connectivity index (χ1v) is 16.2. The number of anilines is 1. The number of fused-ring (bicyclic) bond motifs is 1. The van der Waals surface area contributed by atoms with Crippen molar-refractivity contribution in [2.24, 2.45) is 5.92 Å². The number of rotatable bonds is 11. The van der Waals surface area contributed by atoms with Crippen molar-refractivity contribution < 1.29 is 33.4 Å². The largest absolute Gasteiger partial charge is 0.481 e. The second kappa shape index (κ2) is 13.7. The Kier molecular flexibility index (Phi) is 9.67. The van der Waals surface area contributed by atoms with Gasteiger partial charge in [0.15, 0.2) is 5.78 Å². The van der Waals surface area contributed by atoms with E-state index in [1.54, 1.807) is 19.2 Å². The highest BCUT2D eigenvalue weighted by molar-refractivity contribution is 6.34. The predicted molar refractivity (Wildman–Crippen MR) is 170 cm³/mol. The Morgan fingerprint density at radius 2 is 1.76 bits per heavy atom. The number of carboxylic acid groups (broad SMARTS) is 1. The molecule has 1 saturated carbocycles. The summed E-state index contributed by atoms with van der Waals surface area (Å²) in [5, 5.41) is 13.7. The number of likely N-dealkylation sites (tertiary alicyclic amines) is 2. The van der Waals surface area contributed by atoms with Gasteiger partial charge in [0, 0.05) is 51.3 Å². The third-order valence-electron chi connectivity index (χ3n) is 9.49. The number of ketones is 1. The van der Waals surface area contributed by atoms with Crippen LogP contribution in [0, 0.1) is 11.7 Å². The Morgan fingerprint density at radius 3 is 2.46 bits per heavy atom. The maximum absolute atomic E-state index is 15.7. The second-order valence-corrected chi connectivity index (χ2v) is 12.8. The topological polar surface area (TPSA) is 121 Å². The van der Waals surface area contributed by atoms with E-state index in [2.05, 4.69) is 10.3 Å². The molecule has 1 atom stereocenters. The van der Waals surface area contributed by atoms with Gasteiger partial charge in [0.2, 0.25) is 5.85 Å². The van der Waals surface area contributed by atoms with Gasteiger partial charge in [-0.25, -0.2) is 4.39 Å². The first kappa shape index (κ1) is 32.5. The van der Waals surface area contributed by atoms with E-state index in [0.29, 0.717) is 57.2 Å². The molecule has 3 aromatic rings. The molecule has 1 aromatic heterocycles. The number of methoxy groups -OCH3 is 1. The van der Waals surface area contributed by atoms with E-state index in [1.165, 1.54) is 12.3 Å². The molecule has 3 heterocycles. The molecule has 1 amide bonds. The number of benzene rings is 2. The van der Waals surface area contributed by atoms with E-state index >= 15 is 4.39 Å². The van der Waals surface area contributed by atoms with Gasteiger partial charge in [0.25, 0.3) is 5.91 Å². The molecule has 1 aliphatic carbocycles. The number of hydrogen-bond acceptors (Lipinski definition) is 8. The molecule has 3 aliphatic rings. The molecular weight excluding hydrogens is 615 g/mol. The molecule has 244 valence electrons. The standard InChI is InChI=1S/C34H38ClFN4O6/c1-45-25-19-40(20-25)34(39-14-4-5-15-39,46-24-10-8-22(9-11-24)33(43)44)30(41)17-23-16-27(35)29(18-28(23)36)38-32(42)31-26-7-3-2-6-21(26)12-13-37-31/h2-3,6-7,12-13,16,18,22,24-25H,4-5,8-11,14-15,17,19-20H2,1H3,(H,38,42)(H,43,44). The van der Waals surface area contributed by atoms with Crippen molar-refractivity contribution in [2.75, 3.05) is 38.6 Å². The SMILES string of the molecule is COC1CN(C(OC2CCC(C(=O)O)CC2)(C(=O)Cc2cc(Cl)c(NC(=O)c3nccc4ccccc34)cc2F)N2CCCC2)C1. The number of carboxylic acids is 1. The van der Waals surface area contributed by atoms with Crippen molar-refractivity contribution in [3.05, 3.63) is 70.8 Å². The fourth-order valence-electron chi connectivity index (χ4n) is 6.87. The molecule has 46 heavy (non-hydrogen) atoms. The molecule has 0 spiro atoms. The Morgan fingerprint density at radius 1 is 1.04 bits per heavy atom. The van der Waals surface area contributed by atoms with Gasteiger partial charge in [-0.1, -0.05) is 35.9 Å². The summed E-state index contributed by atoms with van der Waals surface area (Å²) in [7, 11) is 1.63. The van der Waals surface area contributed by atoms with E-state index in [9.17, 15) is 19.5 Å². The molecule has 2 aliphatic heterocycles. The van der Waals surface area contributed by atoms with Crippen molar-refractivity contribution in [3.8, 4) is 0 Å². The zero-order valence-electron chi connectivity index (χ0n) is 25.7. The predicted octanol–water partition coefficient (Wildman–Crippen LogP) is 5.13. The zero-order chi connectivity index (χ0) is 32.4. The van der Waals surface area contributed by atoms with Gasteiger partial charge in [0.1, 0.15) is 11.5 Å². The lowest BCUT2D eigenvalue weighted by Gasteiger charge is -2.55. The molecule has 3 fully saturated rings. The van der Waals surface area contributed by atoms with Crippen molar-refractivity contribution in [1.29, 1.82) is 0 Å². The highest BCUT2D eigenvalue weighted by Crippen LogP contribution is 2.39. The number of carbonyl (C=O) groups is 3. The number of carbonyl (C=O) groups excluding carboxylic acids is 2. The van der Waals surface area contributed by atoms with E-state index in [4.69, 9.17) is 21.1 Å². The molecular formula is C34H38ClFN4O6. The first-order valence-electron chi connectivity index (χ1n) is 15.8. The van der Waals surface area contributed by atoms with Crippen molar-refractivity contribution in [1.82, 2.24) is 14.8 Å². The lowest BCUT2D eigenvalue weighted by atomic mass is 9.87. The summed E-state index contributed by atoms with van der Waals surface area (Å²) in [6.07, 6.45) is 4.61. The van der Waals surface area contributed by atoms with Gasteiger partial charge in [0.05, 0.1) is 28.8 Å². The number of ether oxygens (including phenoxy) is 2. The average molecular weight is 653 g/mol. The fraction of sp³-hybridized carbons (Fsp3) is 0.471. The Bertz CT molecular complexity index is 1620. The minimum Gasteiger partial charge on any atom is -0.481 e. The number of nitrogens with zero attached hydrogens (tertiary/aromatic N) is 3. The summed E-state index contributed by atoms with van der Waals surface area (Å²) in [5.41, 5.74) is 0.336. The lowest BCUT2D eigenvalue weighted by molar-refractivity contribution is -0.282. The number of hydrogen-bond donors (Lipinski definition) is 2. The lowest BCUT2D eigenvalue weighted by Crippen LogP contribution is -2.74. The molecule has 10 nitrogen and oxygen atoms in total. The molecule has 2 N–H and O–H groups in total. The third-order valence-corrected chi connectivity index (χ3v) is 9.80. The number of aliphatic carboxylic acids is 1. The van der Waals surface area contributed by atoms with Crippen LogP contribution in [0.5, 0.6) is 0 Å². The number of aromatic nitrogens is 1. The molecule has 12 heteroatoms. The number of pyridine rings is 1. The van der Waals surface area contributed by atoms with Crippen LogP contribution in [0.25, 0.3) is 10.8 Å². The number of Topliss-reactive ketones (excluding diaryl/α,β-unsaturated/α-hetero) is 1. The smallest absolute Gasteiger partial charge is 0.306 e. The number of amides is 1. The van der Waals surface area contributed by atoms with Crippen LogP contribution in [0.15, 0.2) is 48.7 Å². The van der Waals surface area contributed by atoms with Crippen LogP contribution in [-0.2, 0) is 25.5 Å². The van der Waals surface area contributed by atoms with Gasteiger partial charge >= 0.3 is 5.97 Å². The van der Waals surface area contributed by atoms with Crippen LogP contribution in [0.4, 0.5) is 10.1 Å². The fourth-order valence-corrected chi connectivity index (χ4v) is 7.11. The van der Waals surface area contributed by atoms with Gasteiger partial charge in [-0.15, -0.1) is 0 Å². The second-order valence-electron chi connectivity index (χ2n) is 12.4. The van der Waals surface area contributed by atoms with Crippen molar-refractivity contribution in [3.63, 3.8) is 0 Å².